The van der Waals surface area contributed by atoms with Crippen LogP contribution in [-0.2, 0) is 4.74 Å². The van der Waals surface area contributed by atoms with Crippen LogP contribution < -0.4 is 0 Å². The largest absolute Gasteiger partial charge is 0.377 e. The Hall–Kier alpha value is 0.180. The van der Waals surface area contributed by atoms with Crippen molar-refractivity contribution in [3.05, 3.63) is 0 Å². The third-order valence-corrected chi connectivity index (χ3v) is 7.90. The summed E-state index contributed by atoms with van der Waals surface area (Å²) in [5.74, 6) is 3.54. The van der Waals surface area contributed by atoms with Crippen LogP contribution in [0.3, 0.4) is 0 Å². The van der Waals surface area contributed by atoms with E-state index in [1.165, 1.54) is 51.4 Å². The summed E-state index contributed by atoms with van der Waals surface area (Å²) in [5, 5.41) is -0.443. The highest BCUT2D eigenvalue weighted by Crippen LogP contribution is 2.46. The predicted octanol–water partition coefficient (Wildman–Crippen LogP) is 6.38. The Morgan fingerprint density at radius 1 is 0.833 bits per heavy atom. The van der Waals surface area contributed by atoms with Crippen molar-refractivity contribution >= 4 is 11.6 Å². The van der Waals surface area contributed by atoms with E-state index in [9.17, 15) is 4.39 Å². The number of ether oxygens (including phenoxy) is 1. The lowest BCUT2D eigenvalue weighted by atomic mass is 9.65. The van der Waals surface area contributed by atoms with E-state index in [1.54, 1.807) is 0 Å². The van der Waals surface area contributed by atoms with Crippen LogP contribution in [0.5, 0.6) is 0 Å². The van der Waals surface area contributed by atoms with Crippen LogP contribution in [0, 0.1) is 29.6 Å². The predicted molar refractivity (Wildman–Crippen MR) is 99.2 cm³/mol. The number of hydrogen-bond acceptors (Lipinski definition) is 1. The Morgan fingerprint density at radius 2 is 1.38 bits per heavy atom. The maximum atomic E-state index is 14.9. The van der Waals surface area contributed by atoms with E-state index in [2.05, 4.69) is 6.92 Å². The highest BCUT2D eigenvalue weighted by atomic mass is 35.5. The van der Waals surface area contributed by atoms with Crippen molar-refractivity contribution in [3.63, 3.8) is 0 Å². The van der Waals surface area contributed by atoms with E-state index in [0.29, 0.717) is 12.5 Å². The lowest BCUT2D eigenvalue weighted by molar-refractivity contribution is -0.0229. The van der Waals surface area contributed by atoms with Crippen LogP contribution in [0.1, 0.15) is 78.1 Å². The summed E-state index contributed by atoms with van der Waals surface area (Å²) in [7, 11) is 0. The molecule has 0 aromatic rings. The topological polar surface area (TPSA) is 9.23 Å². The monoisotopic (exact) mass is 358 g/mol. The molecule has 0 aromatic heterocycles. The SMILES string of the molecule is CCOC1CCC(C2CCC(C3CCC(C)CC3)CC2)C(F)C1Cl. The molecule has 24 heavy (non-hydrogen) atoms. The first kappa shape index (κ1) is 19.0. The normalized spacial score (nSPS) is 47.5. The molecule has 140 valence electrons. The average Bonchev–Trinajstić information content (AvgIpc) is 2.60. The lowest BCUT2D eigenvalue weighted by Crippen LogP contribution is -2.45. The van der Waals surface area contributed by atoms with Crippen molar-refractivity contribution in [2.24, 2.45) is 29.6 Å². The molecular weight excluding hydrogens is 323 g/mol. The summed E-state index contributed by atoms with van der Waals surface area (Å²) in [5.41, 5.74) is 0. The van der Waals surface area contributed by atoms with Gasteiger partial charge in [-0.25, -0.2) is 4.39 Å². The molecule has 4 unspecified atom stereocenters. The van der Waals surface area contributed by atoms with Crippen LogP contribution in [0.4, 0.5) is 4.39 Å². The zero-order valence-corrected chi connectivity index (χ0v) is 16.3. The second-order valence-electron chi connectivity index (χ2n) is 8.82. The molecule has 0 radical (unpaired) electrons. The first-order valence-corrected chi connectivity index (χ1v) is 10.9. The standard InChI is InChI=1S/C21H36ClFO/c1-3-24-19-13-12-18(21(23)20(19)22)17-10-8-16(9-11-17)15-6-4-14(2)5-7-15/h14-21H,3-13H2,1-2H3. The molecule has 3 fully saturated rings. The maximum absolute atomic E-state index is 14.9. The molecule has 0 aromatic carbocycles. The van der Waals surface area contributed by atoms with Gasteiger partial charge in [-0.15, -0.1) is 11.6 Å². The van der Waals surface area contributed by atoms with Crippen molar-refractivity contribution in [1.82, 2.24) is 0 Å². The summed E-state index contributed by atoms with van der Waals surface area (Å²) in [6, 6.07) is 0. The first-order chi connectivity index (χ1) is 11.6. The number of alkyl halides is 2. The van der Waals surface area contributed by atoms with Crippen molar-refractivity contribution in [1.29, 1.82) is 0 Å². The molecule has 0 bridgehead atoms. The summed E-state index contributed by atoms with van der Waals surface area (Å²) in [6.45, 7) is 5.00. The molecule has 0 saturated heterocycles. The molecular formula is C21H36ClFO. The van der Waals surface area contributed by atoms with Gasteiger partial charge in [0.05, 0.1) is 11.5 Å². The van der Waals surface area contributed by atoms with Gasteiger partial charge in [0.1, 0.15) is 6.17 Å². The van der Waals surface area contributed by atoms with Gasteiger partial charge in [0, 0.05) is 6.61 Å². The Labute approximate surface area is 153 Å². The van der Waals surface area contributed by atoms with E-state index in [1.807, 2.05) is 6.92 Å². The van der Waals surface area contributed by atoms with Gasteiger partial charge in [0.25, 0.3) is 0 Å². The van der Waals surface area contributed by atoms with Crippen molar-refractivity contribution < 1.29 is 9.13 Å². The fourth-order valence-electron chi connectivity index (χ4n) is 5.80. The minimum Gasteiger partial charge on any atom is -0.377 e. The second-order valence-corrected chi connectivity index (χ2v) is 9.32. The maximum Gasteiger partial charge on any atom is 0.122 e. The second kappa shape index (κ2) is 8.71. The van der Waals surface area contributed by atoms with E-state index < -0.39 is 11.5 Å². The Kier molecular flexibility index (Phi) is 6.88. The molecule has 4 atom stereocenters. The van der Waals surface area contributed by atoms with Gasteiger partial charge in [-0.3, -0.25) is 0 Å². The van der Waals surface area contributed by atoms with E-state index in [0.717, 1.165) is 30.6 Å². The Balaban J connectivity index is 1.48. The van der Waals surface area contributed by atoms with Crippen molar-refractivity contribution in [2.45, 2.75) is 95.7 Å². The molecule has 3 heteroatoms. The smallest absolute Gasteiger partial charge is 0.122 e. The number of halogens is 2. The fraction of sp³-hybridized carbons (Fsp3) is 1.00. The number of rotatable bonds is 4. The van der Waals surface area contributed by atoms with Gasteiger partial charge in [-0.05, 0) is 87.9 Å². The highest BCUT2D eigenvalue weighted by molar-refractivity contribution is 6.21. The minimum atomic E-state index is -0.881. The molecule has 0 heterocycles. The molecule has 3 aliphatic rings. The summed E-state index contributed by atoms with van der Waals surface area (Å²) in [6.07, 6.45) is 11.8. The summed E-state index contributed by atoms with van der Waals surface area (Å²) >= 11 is 6.39. The van der Waals surface area contributed by atoms with Crippen LogP contribution in [0.15, 0.2) is 0 Å². The fourth-order valence-corrected chi connectivity index (χ4v) is 6.19. The molecule has 3 rings (SSSR count). The van der Waals surface area contributed by atoms with E-state index in [4.69, 9.17) is 16.3 Å². The van der Waals surface area contributed by atoms with Crippen molar-refractivity contribution in [3.8, 4) is 0 Å². The van der Waals surface area contributed by atoms with Gasteiger partial charge in [0.2, 0.25) is 0 Å². The third-order valence-electron chi connectivity index (χ3n) is 7.38. The van der Waals surface area contributed by atoms with Gasteiger partial charge < -0.3 is 4.74 Å². The van der Waals surface area contributed by atoms with Gasteiger partial charge >= 0.3 is 0 Å². The van der Waals surface area contributed by atoms with Crippen LogP contribution in [0.2, 0.25) is 0 Å². The van der Waals surface area contributed by atoms with E-state index >= 15 is 0 Å². The number of hydrogen-bond donors (Lipinski definition) is 0. The quantitative estimate of drug-likeness (QED) is 0.530. The Morgan fingerprint density at radius 3 is 1.96 bits per heavy atom. The average molecular weight is 359 g/mol. The molecule has 1 nitrogen and oxygen atoms in total. The Bertz CT molecular complexity index is 374. The molecule has 0 spiro atoms. The summed E-state index contributed by atoms with van der Waals surface area (Å²) < 4.78 is 20.5. The van der Waals surface area contributed by atoms with Gasteiger partial charge in [0.15, 0.2) is 0 Å². The van der Waals surface area contributed by atoms with Crippen molar-refractivity contribution in [2.75, 3.05) is 6.61 Å². The van der Waals surface area contributed by atoms with Gasteiger partial charge in [-0.2, -0.15) is 0 Å². The van der Waals surface area contributed by atoms with E-state index in [-0.39, 0.29) is 12.0 Å². The lowest BCUT2D eigenvalue weighted by Gasteiger charge is -2.43. The van der Waals surface area contributed by atoms with Gasteiger partial charge in [-0.1, -0.05) is 19.8 Å². The zero-order valence-electron chi connectivity index (χ0n) is 15.6. The van der Waals surface area contributed by atoms with Crippen LogP contribution in [-0.4, -0.2) is 24.3 Å². The van der Waals surface area contributed by atoms with Crippen LogP contribution in [0.25, 0.3) is 0 Å². The van der Waals surface area contributed by atoms with Crippen LogP contribution >= 0.6 is 11.6 Å². The molecule has 0 aliphatic heterocycles. The highest BCUT2D eigenvalue weighted by Gasteiger charge is 2.43. The third kappa shape index (κ3) is 4.29. The zero-order chi connectivity index (χ0) is 17.1. The molecule has 0 N–H and O–H groups in total. The minimum absolute atomic E-state index is 0.0801. The summed E-state index contributed by atoms with van der Waals surface area (Å²) in [4.78, 5) is 0. The molecule has 0 amide bonds. The first-order valence-electron chi connectivity index (χ1n) is 10.5. The molecule has 3 saturated carbocycles. The molecule has 3 aliphatic carbocycles.